The molecule has 2 heterocycles. The molecular formula is C14H18ClN3O. The van der Waals surface area contributed by atoms with E-state index in [9.17, 15) is 0 Å². The van der Waals surface area contributed by atoms with Crippen LogP contribution in [0.5, 0.6) is 0 Å². The SMILES string of the molecule is CCC1OCCC1Cn1c(N)nc2cccc(Cl)c21. The molecule has 1 aromatic carbocycles. The number of para-hydroxylation sites is 1. The van der Waals surface area contributed by atoms with E-state index in [-0.39, 0.29) is 0 Å². The maximum Gasteiger partial charge on any atom is 0.201 e. The van der Waals surface area contributed by atoms with Gasteiger partial charge in [0, 0.05) is 19.1 Å². The maximum absolute atomic E-state index is 6.28. The van der Waals surface area contributed by atoms with Crippen molar-refractivity contribution in [3.05, 3.63) is 23.2 Å². The summed E-state index contributed by atoms with van der Waals surface area (Å²) in [5.74, 6) is 1.02. The summed E-state index contributed by atoms with van der Waals surface area (Å²) in [5, 5.41) is 0.702. The molecular weight excluding hydrogens is 262 g/mol. The van der Waals surface area contributed by atoms with Gasteiger partial charge in [0.25, 0.3) is 0 Å². The zero-order valence-electron chi connectivity index (χ0n) is 11.0. The first-order valence-corrected chi connectivity index (χ1v) is 7.10. The average Bonchev–Trinajstić information content (AvgIpc) is 2.96. The number of nitrogen functional groups attached to an aromatic ring is 1. The second kappa shape index (κ2) is 5.02. The summed E-state index contributed by atoms with van der Waals surface area (Å²) in [6, 6.07) is 5.72. The van der Waals surface area contributed by atoms with Gasteiger partial charge in [-0.05, 0) is 25.0 Å². The van der Waals surface area contributed by atoms with E-state index in [2.05, 4.69) is 11.9 Å². The molecule has 2 atom stereocenters. The van der Waals surface area contributed by atoms with Crippen LogP contribution < -0.4 is 5.73 Å². The van der Waals surface area contributed by atoms with E-state index in [4.69, 9.17) is 22.1 Å². The molecule has 1 saturated heterocycles. The number of nitrogens with zero attached hydrogens (tertiary/aromatic N) is 2. The fourth-order valence-corrected chi connectivity index (χ4v) is 3.20. The van der Waals surface area contributed by atoms with Gasteiger partial charge >= 0.3 is 0 Å². The summed E-state index contributed by atoms with van der Waals surface area (Å²) < 4.78 is 7.77. The smallest absolute Gasteiger partial charge is 0.201 e. The van der Waals surface area contributed by atoms with E-state index >= 15 is 0 Å². The number of ether oxygens (including phenoxy) is 1. The summed E-state index contributed by atoms with van der Waals surface area (Å²) in [5.41, 5.74) is 7.83. The fraction of sp³-hybridized carbons (Fsp3) is 0.500. The molecule has 102 valence electrons. The molecule has 0 spiro atoms. The highest BCUT2D eigenvalue weighted by Gasteiger charge is 2.28. The molecule has 19 heavy (non-hydrogen) atoms. The molecule has 0 amide bonds. The van der Waals surface area contributed by atoms with E-state index in [1.54, 1.807) is 0 Å². The van der Waals surface area contributed by atoms with Crippen molar-refractivity contribution in [2.24, 2.45) is 5.92 Å². The Kier molecular flexibility index (Phi) is 3.37. The molecule has 0 radical (unpaired) electrons. The van der Waals surface area contributed by atoms with Gasteiger partial charge in [-0.2, -0.15) is 0 Å². The predicted molar refractivity (Wildman–Crippen MR) is 77.3 cm³/mol. The average molecular weight is 280 g/mol. The Morgan fingerprint density at radius 3 is 3.16 bits per heavy atom. The standard InChI is InChI=1S/C14H18ClN3O/c1-2-12-9(6-7-19-12)8-18-13-10(15)4-3-5-11(13)17-14(18)16/h3-5,9,12H,2,6-8H2,1H3,(H2,16,17). The van der Waals surface area contributed by atoms with Gasteiger partial charge in [0.1, 0.15) is 0 Å². The number of nitrogens with two attached hydrogens (primary N) is 1. The van der Waals surface area contributed by atoms with Gasteiger partial charge in [-0.15, -0.1) is 0 Å². The van der Waals surface area contributed by atoms with Gasteiger partial charge in [-0.1, -0.05) is 24.6 Å². The predicted octanol–water partition coefficient (Wildman–Crippen LogP) is 3.09. The summed E-state index contributed by atoms with van der Waals surface area (Å²) in [7, 11) is 0. The van der Waals surface area contributed by atoms with Crippen LogP contribution in [0.1, 0.15) is 19.8 Å². The first-order chi connectivity index (χ1) is 9.20. The van der Waals surface area contributed by atoms with Gasteiger partial charge in [0.15, 0.2) is 0 Å². The van der Waals surface area contributed by atoms with Crippen LogP contribution in [-0.4, -0.2) is 22.3 Å². The number of benzene rings is 1. The highest BCUT2D eigenvalue weighted by Crippen LogP contribution is 2.30. The third kappa shape index (κ3) is 2.19. The monoisotopic (exact) mass is 279 g/mol. The minimum atomic E-state index is 0.319. The number of anilines is 1. The van der Waals surface area contributed by atoms with Crippen molar-refractivity contribution in [3.63, 3.8) is 0 Å². The highest BCUT2D eigenvalue weighted by atomic mass is 35.5. The van der Waals surface area contributed by atoms with E-state index in [0.717, 1.165) is 37.0 Å². The first kappa shape index (κ1) is 12.8. The van der Waals surface area contributed by atoms with Crippen LogP contribution in [0.3, 0.4) is 0 Å². The minimum absolute atomic E-state index is 0.319. The van der Waals surface area contributed by atoms with Crippen molar-refractivity contribution in [3.8, 4) is 0 Å². The van der Waals surface area contributed by atoms with Crippen LogP contribution in [-0.2, 0) is 11.3 Å². The highest BCUT2D eigenvalue weighted by molar-refractivity contribution is 6.35. The molecule has 2 N–H and O–H groups in total. The topological polar surface area (TPSA) is 53.1 Å². The van der Waals surface area contributed by atoms with E-state index < -0.39 is 0 Å². The molecule has 1 fully saturated rings. The van der Waals surface area contributed by atoms with Crippen LogP contribution in [0.2, 0.25) is 5.02 Å². The Balaban J connectivity index is 1.98. The van der Waals surface area contributed by atoms with E-state index in [0.29, 0.717) is 23.0 Å². The van der Waals surface area contributed by atoms with E-state index in [1.807, 2.05) is 22.8 Å². The number of hydrogen-bond donors (Lipinski definition) is 1. The summed E-state index contributed by atoms with van der Waals surface area (Å²) >= 11 is 6.28. The van der Waals surface area contributed by atoms with Gasteiger partial charge in [0.2, 0.25) is 5.95 Å². The van der Waals surface area contributed by atoms with Gasteiger partial charge in [-0.25, -0.2) is 4.98 Å². The number of halogens is 1. The zero-order valence-corrected chi connectivity index (χ0v) is 11.7. The van der Waals surface area contributed by atoms with Crippen LogP contribution in [0.15, 0.2) is 18.2 Å². The quantitative estimate of drug-likeness (QED) is 0.939. The Bertz CT molecular complexity index is 596. The lowest BCUT2D eigenvalue weighted by molar-refractivity contribution is 0.0839. The zero-order chi connectivity index (χ0) is 13.4. The Morgan fingerprint density at radius 2 is 2.37 bits per heavy atom. The third-order valence-corrected chi connectivity index (χ3v) is 4.22. The Labute approximate surface area is 117 Å². The second-order valence-corrected chi connectivity index (χ2v) is 5.46. The molecule has 3 rings (SSSR count). The molecule has 0 bridgehead atoms. The number of fused-ring (bicyclic) bond motifs is 1. The normalized spacial score (nSPS) is 23.3. The van der Waals surface area contributed by atoms with Crippen molar-refractivity contribution in [2.75, 3.05) is 12.3 Å². The molecule has 1 aliphatic rings. The molecule has 4 nitrogen and oxygen atoms in total. The largest absolute Gasteiger partial charge is 0.378 e. The molecule has 0 aliphatic carbocycles. The fourth-order valence-electron chi connectivity index (χ4n) is 2.93. The number of rotatable bonds is 3. The molecule has 1 aromatic heterocycles. The minimum Gasteiger partial charge on any atom is -0.378 e. The Morgan fingerprint density at radius 1 is 1.53 bits per heavy atom. The van der Waals surface area contributed by atoms with Crippen molar-refractivity contribution in [2.45, 2.75) is 32.4 Å². The van der Waals surface area contributed by atoms with E-state index in [1.165, 1.54) is 0 Å². The number of hydrogen-bond acceptors (Lipinski definition) is 3. The Hall–Kier alpha value is -1.26. The third-order valence-electron chi connectivity index (χ3n) is 3.91. The molecule has 1 aliphatic heterocycles. The van der Waals surface area contributed by atoms with Crippen molar-refractivity contribution in [1.29, 1.82) is 0 Å². The number of aromatic nitrogens is 2. The lowest BCUT2D eigenvalue weighted by atomic mass is 9.99. The van der Waals surface area contributed by atoms with Crippen molar-refractivity contribution in [1.82, 2.24) is 9.55 Å². The molecule has 2 unspecified atom stereocenters. The summed E-state index contributed by atoms with van der Waals surface area (Å²) in [6.45, 7) is 3.82. The van der Waals surface area contributed by atoms with Crippen LogP contribution in [0, 0.1) is 5.92 Å². The van der Waals surface area contributed by atoms with Gasteiger partial charge in [-0.3, -0.25) is 0 Å². The van der Waals surface area contributed by atoms with Crippen molar-refractivity contribution >= 4 is 28.6 Å². The lowest BCUT2D eigenvalue weighted by Crippen LogP contribution is -2.21. The number of imidazole rings is 1. The van der Waals surface area contributed by atoms with Crippen LogP contribution in [0.4, 0.5) is 5.95 Å². The van der Waals surface area contributed by atoms with Crippen molar-refractivity contribution < 1.29 is 4.74 Å². The molecule has 0 saturated carbocycles. The summed E-state index contributed by atoms with van der Waals surface area (Å²) in [6.07, 6.45) is 2.42. The first-order valence-electron chi connectivity index (χ1n) is 6.72. The van der Waals surface area contributed by atoms with Gasteiger partial charge < -0.3 is 15.0 Å². The molecule has 5 heteroatoms. The van der Waals surface area contributed by atoms with Crippen LogP contribution in [0.25, 0.3) is 11.0 Å². The molecule has 2 aromatic rings. The second-order valence-electron chi connectivity index (χ2n) is 5.05. The maximum atomic E-state index is 6.28. The van der Waals surface area contributed by atoms with Crippen LogP contribution >= 0.6 is 11.6 Å². The summed E-state index contributed by atoms with van der Waals surface area (Å²) in [4.78, 5) is 4.38. The van der Waals surface area contributed by atoms with Gasteiger partial charge in [0.05, 0.1) is 22.2 Å². The lowest BCUT2D eigenvalue weighted by Gasteiger charge is -2.18.